The van der Waals surface area contributed by atoms with Crippen LogP contribution in [-0.2, 0) is 14.8 Å². The fraction of sp³-hybridized carbons (Fsp3) is 0.364. The molecule has 1 heterocycles. The molecule has 0 aliphatic carbocycles. The number of amides is 1. The topological polar surface area (TPSA) is 88.1 Å². The van der Waals surface area contributed by atoms with Crippen LogP contribution in [0.25, 0.3) is 0 Å². The van der Waals surface area contributed by atoms with E-state index in [9.17, 15) is 13.2 Å². The molecule has 1 unspecified atom stereocenters. The molecule has 8 heteroatoms. The van der Waals surface area contributed by atoms with Gasteiger partial charge in [-0.1, -0.05) is 44.2 Å². The number of hydrazone groups is 1. The number of rotatable bonds is 7. The molecule has 160 valence electrons. The van der Waals surface area contributed by atoms with Crippen molar-refractivity contribution in [3.05, 3.63) is 59.7 Å². The molecule has 0 spiro atoms. The van der Waals surface area contributed by atoms with Gasteiger partial charge in [0.2, 0.25) is 15.9 Å². The molecule has 0 saturated heterocycles. The third kappa shape index (κ3) is 4.99. The summed E-state index contributed by atoms with van der Waals surface area (Å²) in [6.07, 6.45) is 1.58. The Morgan fingerprint density at radius 3 is 2.63 bits per heavy atom. The van der Waals surface area contributed by atoms with Crippen molar-refractivity contribution < 1.29 is 17.9 Å². The van der Waals surface area contributed by atoms with E-state index in [0.29, 0.717) is 30.0 Å². The highest BCUT2D eigenvalue weighted by atomic mass is 32.2. The highest BCUT2D eigenvalue weighted by Crippen LogP contribution is 2.36. The quantitative estimate of drug-likeness (QED) is 0.725. The van der Waals surface area contributed by atoms with Crippen molar-refractivity contribution in [2.75, 3.05) is 17.6 Å². The summed E-state index contributed by atoms with van der Waals surface area (Å²) >= 11 is 0. The van der Waals surface area contributed by atoms with Crippen LogP contribution in [0.2, 0.25) is 0 Å². The van der Waals surface area contributed by atoms with Crippen LogP contribution in [0.1, 0.15) is 44.4 Å². The van der Waals surface area contributed by atoms with Crippen LogP contribution in [0.3, 0.4) is 0 Å². The van der Waals surface area contributed by atoms with E-state index < -0.39 is 10.0 Å². The molecule has 3 rings (SSSR count). The van der Waals surface area contributed by atoms with E-state index in [-0.39, 0.29) is 17.9 Å². The Labute approximate surface area is 177 Å². The Balaban J connectivity index is 2.02. The number of nitrogens with one attached hydrogen (secondary N) is 1. The number of carbonyl (C=O) groups excluding carboxylic acids is 1. The lowest BCUT2D eigenvalue weighted by molar-refractivity contribution is -0.136. The summed E-state index contributed by atoms with van der Waals surface area (Å²) in [5, 5.41) is 6.14. The van der Waals surface area contributed by atoms with Crippen LogP contribution in [0.4, 0.5) is 5.69 Å². The summed E-state index contributed by atoms with van der Waals surface area (Å²) in [4.78, 5) is 12.9. The molecular formula is C22H27N3O4S. The molecule has 1 aliphatic rings. The van der Waals surface area contributed by atoms with Gasteiger partial charge in [0.25, 0.3) is 0 Å². The second-order valence-corrected chi connectivity index (χ2v) is 9.28. The van der Waals surface area contributed by atoms with Crippen molar-refractivity contribution in [1.29, 1.82) is 0 Å². The Kier molecular flexibility index (Phi) is 6.45. The normalized spacial score (nSPS) is 16.5. The van der Waals surface area contributed by atoms with Crippen LogP contribution in [0, 0.1) is 5.92 Å². The minimum Gasteiger partial charge on any atom is -0.494 e. The minimum absolute atomic E-state index is 0.0923. The van der Waals surface area contributed by atoms with Crippen LogP contribution in [0.5, 0.6) is 5.75 Å². The Hall–Kier alpha value is -2.87. The molecule has 7 nitrogen and oxygen atoms in total. The first-order chi connectivity index (χ1) is 14.2. The number of para-hydroxylation sites is 1. The van der Waals surface area contributed by atoms with Gasteiger partial charge in [-0.15, -0.1) is 0 Å². The van der Waals surface area contributed by atoms with E-state index in [1.807, 2.05) is 57.2 Å². The van der Waals surface area contributed by atoms with E-state index >= 15 is 0 Å². The molecule has 2 aromatic rings. The summed E-state index contributed by atoms with van der Waals surface area (Å²) in [7, 11) is -3.45. The fourth-order valence-electron chi connectivity index (χ4n) is 3.40. The molecule has 0 aromatic heterocycles. The number of nitrogens with zero attached hydrogens (tertiary/aromatic N) is 2. The number of anilines is 1. The van der Waals surface area contributed by atoms with E-state index in [1.54, 1.807) is 12.1 Å². The molecule has 1 N–H and O–H groups in total. The molecular weight excluding hydrogens is 402 g/mol. The van der Waals surface area contributed by atoms with Gasteiger partial charge < -0.3 is 4.74 Å². The summed E-state index contributed by atoms with van der Waals surface area (Å²) in [6, 6.07) is 14.4. The highest BCUT2D eigenvalue weighted by molar-refractivity contribution is 7.92. The lowest BCUT2D eigenvalue weighted by Crippen LogP contribution is -2.30. The van der Waals surface area contributed by atoms with E-state index in [1.165, 1.54) is 5.01 Å². The lowest BCUT2D eigenvalue weighted by Gasteiger charge is -2.24. The van der Waals surface area contributed by atoms with Crippen molar-refractivity contribution in [1.82, 2.24) is 5.01 Å². The number of hydrogen-bond donors (Lipinski definition) is 1. The van der Waals surface area contributed by atoms with Crippen LogP contribution in [0.15, 0.2) is 53.6 Å². The number of ether oxygens (including phenoxy) is 1. The Bertz CT molecular complexity index is 1060. The first-order valence-corrected chi connectivity index (χ1v) is 11.8. The summed E-state index contributed by atoms with van der Waals surface area (Å²) in [6.45, 7) is 6.14. The molecule has 1 aliphatic heterocycles. The maximum atomic E-state index is 12.9. The molecule has 0 fully saturated rings. The second kappa shape index (κ2) is 8.87. The van der Waals surface area contributed by atoms with Crippen LogP contribution >= 0.6 is 0 Å². The number of carbonyl (C=O) groups is 1. The van der Waals surface area contributed by atoms with Crippen molar-refractivity contribution in [3.63, 3.8) is 0 Å². The predicted octanol–water partition coefficient (Wildman–Crippen LogP) is 3.79. The van der Waals surface area contributed by atoms with E-state index in [0.717, 1.165) is 17.6 Å². The average Bonchev–Trinajstić information content (AvgIpc) is 3.12. The molecule has 1 atom stereocenters. The monoisotopic (exact) mass is 429 g/mol. The molecule has 30 heavy (non-hydrogen) atoms. The average molecular weight is 430 g/mol. The number of sulfonamides is 1. The SMILES string of the molecule is CCOc1cccc(C2CC(c3ccccc3NS(C)(=O)=O)=NN2C(=O)C(C)C)c1. The highest BCUT2D eigenvalue weighted by Gasteiger charge is 2.35. The zero-order chi connectivity index (χ0) is 21.9. The second-order valence-electron chi connectivity index (χ2n) is 7.53. The molecule has 0 bridgehead atoms. The van der Waals surface area contributed by atoms with Gasteiger partial charge in [0.1, 0.15) is 5.75 Å². The fourth-order valence-corrected chi connectivity index (χ4v) is 3.98. The Morgan fingerprint density at radius 1 is 1.23 bits per heavy atom. The largest absolute Gasteiger partial charge is 0.494 e. The van der Waals surface area contributed by atoms with Crippen LogP contribution in [-0.4, -0.2) is 37.9 Å². The predicted molar refractivity (Wildman–Crippen MR) is 118 cm³/mol. The van der Waals surface area contributed by atoms with Crippen molar-refractivity contribution in [2.45, 2.75) is 33.2 Å². The summed E-state index contributed by atoms with van der Waals surface area (Å²) in [5.74, 6) is 0.417. The van der Waals surface area contributed by atoms with Crippen molar-refractivity contribution in [2.24, 2.45) is 11.0 Å². The Morgan fingerprint density at radius 2 is 1.97 bits per heavy atom. The van der Waals surface area contributed by atoms with Gasteiger partial charge in [-0.25, -0.2) is 13.4 Å². The van der Waals surface area contributed by atoms with Gasteiger partial charge in [0.15, 0.2) is 0 Å². The van der Waals surface area contributed by atoms with Gasteiger partial charge in [-0.3, -0.25) is 9.52 Å². The minimum atomic E-state index is -3.45. The third-order valence-electron chi connectivity index (χ3n) is 4.72. The zero-order valence-electron chi connectivity index (χ0n) is 17.6. The lowest BCUT2D eigenvalue weighted by atomic mass is 9.97. The zero-order valence-corrected chi connectivity index (χ0v) is 18.4. The molecule has 1 amide bonds. The van der Waals surface area contributed by atoms with Gasteiger partial charge in [-0.05, 0) is 30.7 Å². The molecule has 2 aromatic carbocycles. The molecule has 0 radical (unpaired) electrons. The van der Waals surface area contributed by atoms with Gasteiger partial charge in [0, 0.05) is 17.9 Å². The van der Waals surface area contributed by atoms with Crippen molar-refractivity contribution >= 4 is 27.3 Å². The number of benzene rings is 2. The first-order valence-electron chi connectivity index (χ1n) is 9.90. The smallest absolute Gasteiger partial charge is 0.245 e. The maximum Gasteiger partial charge on any atom is 0.245 e. The van der Waals surface area contributed by atoms with Gasteiger partial charge in [0.05, 0.1) is 30.3 Å². The summed E-state index contributed by atoms with van der Waals surface area (Å²) in [5.41, 5.74) is 2.68. The van der Waals surface area contributed by atoms with E-state index in [2.05, 4.69) is 9.82 Å². The van der Waals surface area contributed by atoms with Crippen LogP contribution < -0.4 is 9.46 Å². The summed E-state index contributed by atoms with van der Waals surface area (Å²) < 4.78 is 31.7. The standard InChI is InChI=1S/C22H27N3O4S/c1-5-29-17-10-8-9-16(13-17)21-14-20(23-25(21)22(26)15(2)3)18-11-6-7-12-19(18)24-30(4,27)28/h6-13,15,21,24H,5,14H2,1-4H3. The number of hydrogen-bond acceptors (Lipinski definition) is 5. The first kappa shape index (κ1) is 21.8. The maximum absolute atomic E-state index is 12.9. The third-order valence-corrected chi connectivity index (χ3v) is 5.31. The van der Waals surface area contributed by atoms with Crippen molar-refractivity contribution in [3.8, 4) is 5.75 Å². The molecule has 0 saturated carbocycles. The van der Waals surface area contributed by atoms with E-state index in [4.69, 9.17) is 4.74 Å². The van der Waals surface area contributed by atoms with Gasteiger partial charge in [-0.2, -0.15) is 5.10 Å². The van der Waals surface area contributed by atoms with Gasteiger partial charge >= 0.3 is 0 Å².